The lowest BCUT2D eigenvalue weighted by molar-refractivity contribution is 0.103. The summed E-state index contributed by atoms with van der Waals surface area (Å²) in [5.74, 6) is -0.472. The predicted molar refractivity (Wildman–Crippen MR) is 60.5 cm³/mol. The molecule has 15 heavy (non-hydrogen) atoms. The number of aliphatic hydroxyl groups excluding tert-OH is 1. The number of hydrogen-bond donors (Lipinski definition) is 1. The first-order valence-electron chi connectivity index (χ1n) is 4.47. The Morgan fingerprint density at radius 3 is 2.87 bits per heavy atom. The highest BCUT2D eigenvalue weighted by molar-refractivity contribution is 9.10. The lowest BCUT2D eigenvalue weighted by Crippen LogP contribution is -1.99. The van der Waals surface area contributed by atoms with E-state index < -0.39 is 5.82 Å². The number of halogens is 3. The highest BCUT2D eigenvalue weighted by atomic mass is 79.9. The van der Waals surface area contributed by atoms with Crippen molar-refractivity contribution in [3.63, 3.8) is 0 Å². The Hall–Kier alpha value is -0.160. The van der Waals surface area contributed by atoms with Crippen LogP contribution in [0.3, 0.4) is 0 Å². The van der Waals surface area contributed by atoms with Crippen molar-refractivity contribution in [1.29, 1.82) is 0 Å². The third-order valence-electron chi connectivity index (χ3n) is 1.82. The van der Waals surface area contributed by atoms with Crippen LogP contribution in [0.25, 0.3) is 0 Å². The van der Waals surface area contributed by atoms with Crippen molar-refractivity contribution in [2.75, 3.05) is 13.2 Å². The average Bonchev–Trinajstić information content (AvgIpc) is 2.24. The molecule has 5 heteroatoms. The highest BCUT2D eigenvalue weighted by Crippen LogP contribution is 2.27. The molecular weight excluding hydrogens is 286 g/mol. The fourth-order valence-corrected chi connectivity index (χ4v) is 1.76. The minimum Gasteiger partial charge on any atom is -0.396 e. The second kappa shape index (κ2) is 6.43. The van der Waals surface area contributed by atoms with Crippen LogP contribution in [-0.2, 0) is 11.3 Å². The fraction of sp³-hybridized carbons (Fsp3) is 0.400. The Bertz CT molecular complexity index is 333. The maximum absolute atomic E-state index is 13.3. The average molecular weight is 298 g/mol. The smallest absolute Gasteiger partial charge is 0.156 e. The monoisotopic (exact) mass is 296 g/mol. The molecule has 0 fully saturated rings. The summed E-state index contributed by atoms with van der Waals surface area (Å²) in [7, 11) is 0. The van der Waals surface area contributed by atoms with E-state index in [2.05, 4.69) is 15.9 Å². The van der Waals surface area contributed by atoms with Crippen LogP contribution in [0.5, 0.6) is 0 Å². The molecule has 0 aromatic heterocycles. The number of hydrogen-bond acceptors (Lipinski definition) is 2. The van der Waals surface area contributed by atoms with Crippen LogP contribution >= 0.6 is 27.5 Å². The molecule has 0 amide bonds. The van der Waals surface area contributed by atoms with E-state index >= 15 is 0 Å². The molecule has 0 aliphatic rings. The highest BCUT2D eigenvalue weighted by Gasteiger charge is 2.09. The Morgan fingerprint density at radius 2 is 2.20 bits per heavy atom. The number of aliphatic hydroxyl groups is 1. The Morgan fingerprint density at radius 1 is 1.47 bits per heavy atom. The van der Waals surface area contributed by atoms with Crippen molar-refractivity contribution in [1.82, 2.24) is 0 Å². The summed E-state index contributed by atoms with van der Waals surface area (Å²) in [6, 6.07) is 3.20. The summed E-state index contributed by atoms with van der Waals surface area (Å²) >= 11 is 8.70. The van der Waals surface area contributed by atoms with Crippen LogP contribution in [0.4, 0.5) is 4.39 Å². The molecule has 0 aliphatic carbocycles. The van der Waals surface area contributed by atoms with Crippen LogP contribution in [0.15, 0.2) is 16.6 Å². The molecule has 2 nitrogen and oxygen atoms in total. The van der Waals surface area contributed by atoms with Gasteiger partial charge in [0.05, 0.1) is 16.1 Å². The van der Waals surface area contributed by atoms with Crippen molar-refractivity contribution in [2.24, 2.45) is 0 Å². The SMILES string of the molecule is OCCCOCc1ccc(Cl)c(F)c1Br. The summed E-state index contributed by atoms with van der Waals surface area (Å²) in [4.78, 5) is 0. The zero-order valence-electron chi connectivity index (χ0n) is 7.97. The van der Waals surface area contributed by atoms with Gasteiger partial charge in [-0.3, -0.25) is 0 Å². The van der Waals surface area contributed by atoms with Gasteiger partial charge < -0.3 is 9.84 Å². The molecule has 0 radical (unpaired) electrons. The van der Waals surface area contributed by atoms with E-state index in [1.54, 1.807) is 6.07 Å². The summed E-state index contributed by atoms with van der Waals surface area (Å²) < 4.78 is 18.9. The first-order chi connectivity index (χ1) is 7.16. The quantitative estimate of drug-likeness (QED) is 0.668. The Balaban J connectivity index is 2.58. The van der Waals surface area contributed by atoms with Crippen molar-refractivity contribution in [3.8, 4) is 0 Å². The second-order valence-electron chi connectivity index (χ2n) is 2.96. The van der Waals surface area contributed by atoms with Crippen molar-refractivity contribution < 1.29 is 14.2 Å². The fourth-order valence-electron chi connectivity index (χ4n) is 1.03. The summed E-state index contributed by atoms with van der Waals surface area (Å²) in [5, 5.41) is 8.62. The Kier molecular flexibility index (Phi) is 5.53. The van der Waals surface area contributed by atoms with E-state index in [0.29, 0.717) is 29.7 Å². The van der Waals surface area contributed by atoms with Crippen LogP contribution in [0.2, 0.25) is 5.02 Å². The molecule has 1 aromatic carbocycles. The van der Waals surface area contributed by atoms with Gasteiger partial charge in [0, 0.05) is 13.2 Å². The molecule has 0 saturated carbocycles. The van der Waals surface area contributed by atoms with Crippen molar-refractivity contribution in [2.45, 2.75) is 13.0 Å². The number of benzene rings is 1. The standard InChI is InChI=1S/C10H11BrClFO2/c11-9-7(6-15-5-1-4-14)2-3-8(12)10(9)13/h2-3,14H,1,4-6H2. The van der Waals surface area contributed by atoms with Gasteiger partial charge in [0.25, 0.3) is 0 Å². The molecule has 0 atom stereocenters. The zero-order valence-corrected chi connectivity index (χ0v) is 10.3. The molecule has 0 aliphatic heterocycles. The first kappa shape index (κ1) is 12.9. The van der Waals surface area contributed by atoms with Gasteiger partial charge in [-0.2, -0.15) is 0 Å². The van der Waals surface area contributed by atoms with Crippen LogP contribution in [0, 0.1) is 5.82 Å². The van der Waals surface area contributed by atoms with E-state index in [1.807, 2.05) is 0 Å². The third kappa shape index (κ3) is 3.72. The van der Waals surface area contributed by atoms with Crippen LogP contribution < -0.4 is 0 Å². The maximum Gasteiger partial charge on any atom is 0.156 e. The van der Waals surface area contributed by atoms with Gasteiger partial charge in [0.15, 0.2) is 5.82 Å². The van der Waals surface area contributed by atoms with Crippen LogP contribution in [-0.4, -0.2) is 18.3 Å². The summed E-state index contributed by atoms with van der Waals surface area (Å²) in [5.41, 5.74) is 0.704. The summed E-state index contributed by atoms with van der Waals surface area (Å²) in [6.07, 6.45) is 0.577. The second-order valence-corrected chi connectivity index (χ2v) is 4.16. The minimum absolute atomic E-state index is 0.0842. The predicted octanol–water partition coefficient (Wildman–Crippen LogP) is 3.14. The molecule has 1 N–H and O–H groups in total. The van der Waals surface area contributed by atoms with Gasteiger partial charge in [-0.15, -0.1) is 0 Å². The normalized spacial score (nSPS) is 10.7. The van der Waals surface area contributed by atoms with Gasteiger partial charge >= 0.3 is 0 Å². The molecule has 0 saturated heterocycles. The largest absolute Gasteiger partial charge is 0.396 e. The molecule has 84 valence electrons. The Labute approximate surface area is 101 Å². The molecule has 0 bridgehead atoms. The lowest BCUT2D eigenvalue weighted by Gasteiger charge is -2.07. The number of rotatable bonds is 5. The van der Waals surface area contributed by atoms with Gasteiger partial charge in [0.2, 0.25) is 0 Å². The molecule has 0 unspecified atom stereocenters. The molecular formula is C10H11BrClFO2. The van der Waals surface area contributed by atoms with Crippen LogP contribution in [0.1, 0.15) is 12.0 Å². The first-order valence-corrected chi connectivity index (χ1v) is 5.65. The van der Waals surface area contributed by atoms with Gasteiger partial charge in [-0.25, -0.2) is 4.39 Å². The van der Waals surface area contributed by atoms with E-state index in [4.69, 9.17) is 21.4 Å². The molecule has 1 aromatic rings. The van der Waals surface area contributed by atoms with Gasteiger partial charge in [-0.1, -0.05) is 17.7 Å². The van der Waals surface area contributed by atoms with Crippen molar-refractivity contribution in [3.05, 3.63) is 33.0 Å². The lowest BCUT2D eigenvalue weighted by atomic mass is 10.2. The van der Waals surface area contributed by atoms with E-state index in [0.717, 1.165) is 0 Å². The van der Waals surface area contributed by atoms with Crippen molar-refractivity contribution >= 4 is 27.5 Å². The minimum atomic E-state index is -0.472. The zero-order chi connectivity index (χ0) is 11.3. The van der Waals surface area contributed by atoms with Gasteiger partial charge in [0.1, 0.15) is 0 Å². The topological polar surface area (TPSA) is 29.5 Å². The molecule has 1 rings (SSSR count). The third-order valence-corrected chi connectivity index (χ3v) is 2.97. The maximum atomic E-state index is 13.3. The molecule has 0 spiro atoms. The van der Waals surface area contributed by atoms with Gasteiger partial charge in [-0.05, 0) is 34.0 Å². The molecule has 0 heterocycles. The number of ether oxygens (including phenoxy) is 1. The van der Waals surface area contributed by atoms with E-state index in [1.165, 1.54) is 6.07 Å². The van der Waals surface area contributed by atoms with E-state index in [-0.39, 0.29) is 11.6 Å². The summed E-state index contributed by atoms with van der Waals surface area (Å²) in [6.45, 7) is 0.845. The van der Waals surface area contributed by atoms with E-state index in [9.17, 15) is 4.39 Å².